The van der Waals surface area contributed by atoms with Crippen molar-refractivity contribution in [3.63, 3.8) is 0 Å². The molecule has 0 amide bonds. The number of hydrogen-bond acceptors (Lipinski definition) is 3. The second-order valence-corrected chi connectivity index (χ2v) is 5.43. The monoisotopic (exact) mass is 290 g/mol. The maximum atomic E-state index is 5.32. The predicted molar refractivity (Wildman–Crippen MR) is 86.3 cm³/mol. The standard InChI is InChI=1S/C17H26N2O2/c1-4-5-6-7-8-9-10-17-18-13-11-15(20-2)16(21-3)12-14(13)19-17/h11-12H,4-10H2,1-3H3,(H,18,19). The highest BCUT2D eigenvalue weighted by Gasteiger charge is 2.09. The van der Waals surface area contributed by atoms with Gasteiger partial charge in [-0.3, -0.25) is 0 Å². The van der Waals surface area contributed by atoms with Gasteiger partial charge < -0.3 is 14.5 Å². The van der Waals surface area contributed by atoms with Crippen LogP contribution in [-0.2, 0) is 6.42 Å². The average Bonchev–Trinajstić information content (AvgIpc) is 2.90. The number of nitrogens with one attached hydrogen (secondary N) is 1. The third kappa shape index (κ3) is 4.13. The molecule has 116 valence electrons. The van der Waals surface area contributed by atoms with Crippen molar-refractivity contribution in [2.24, 2.45) is 0 Å². The first-order valence-corrected chi connectivity index (χ1v) is 7.89. The number of H-pyrrole nitrogens is 1. The lowest BCUT2D eigenvalue weighted by atomic mass is 10.1. The van der Waals surface area contributed by atoms with Gasteiger partial charge in [-0.15, -0.1) is 0 Å². The number of nitrogens with zero attached hydrogens (tertiary/aromatic N) is 1. The number of ether oxygens (including phenoxy) is 2. The molecule has 0 bridgehead atoms. The van der Waals surface area contributed by atoms with E-state index in [2.05, 4.69) is 16.9 Å². The fourth-order valence-corrected chi connectivity index (χ4v) is 2.58. The fraction of sp³-hybridized carbons (Fsp3) is 0.588. The molecule has 0 fully saturated rings. The van der Waals surface area contributed by atoms with Gasteiger partial charge in [0.05, 0.1) is 25.3 Å². The highest BCUT2D eigenvalue weighted by atomic mass is 16.5. The van der Waals surface area contributed by atoms with Crippen LogP contribution in [0.1, 0.15) is 51.3 Å². The van der Waals surface area contributed by atoms with Crippen LogP contribution >= 0.6 is 0 Å². The van der Waals surface area contributed by atoms with E-state index in [4.69, 9.17) is 9.47 Å². The lowest BCUT2D eigenvalue weighted by Gasteiger charge is -2.06. The van der Waals surface area contributed by atoms with Crippen molar-refractivity contribution in [1.29, 1.82) is 0 Å². The van der Waals surface area contributed by atoms with E-state index in [0.29, 0.717) is 0 Å². The Bertz CT molecular complexity index is 522. The largest absolute Gasteiger partial charge is 0.493 e. The summed E-state index contributed by atoms with van der Waals surface area (Å²) in [5, 5.41) is 0. The van der Waals surface area contributed by atoms with Crippen LogP contribution in [0.3, 0.4) is 0 Å². The van der Waals surface area contributed by atoms with E-state index in [0.717, 1.165) is 34.8 Å². The average molecular weight is 290 g/mol. The summed E-state index contributed by atoms with van der Waals surface area (Å²) in [5.41, 5.74) is 1.95. The molecule has 0 atom stereocenters. The van der Waals surface area contributed by atoms with Gasteiger partial charge in [0.25, 0.3) is 0 Å². The molecule has 2 aromatic rings. The van der Waals surface area contributed by atoms with Crippen molar-refractivity contribution in [2.75, 3.05) is 14.2 Å². The molecule has 1 N–H and O–H groups in total. The molecular formula is C17H26N2O2. The van der Waals surface area contributed by atoms with Gasteiger partial charge in [0.15, 0.2) is 11.5 Å². The van der Waals surface area contributed by atoms with Crippen molar-refractivity contribution >= 4 is 11.0 Å². The van der Waals surface area contributed by atoms with Crippen LogP contribution in [0.4, 0.5) is 0 Å². The van der Waals surface area contributed by atoms with E-state index in [1.807, 2.05) is 12.1 Å². The highest BCUT2D eigenvalue weighted by molar-refractivity contribution is 5.79. The number of aromatic amines is 1. The van der Waals surface area contributed by atoms with Crippen LogP contribution in [0.25, 0.3) is 11.0 Å². The highest BCUT2D eigenvalue weighted by Crippen LogP contribution is 2.31. The van der Waals surface area contributed by atoms with Crippen molar-refractivity contribution in [2.45, 2.75) is 51.9 Å². The Balaban J connectivity index is 1.95. The number of rotatable bonds is 9. The molecule has 0 saturated heterocycles. The quantitative estimate of drug-likeness (QED) is 0.692. The van der Waals surface area contributed by atoms with Crippen LogP contribution < -0.4 is 9.47 Å². The normalized spacial score (nSPS) is 11.0. The summed E-state index contributed by atoms with van der Waals surface area (Å²) in [6, 6.07) is 3.88. The first-order chi connectivity index (χ1) is 10.3. The van der Waals surface area contributed by atoms with Gasteiger partial charge in [-0.1, -0.05) is 39.0 Å². The number of aromatic nitrogens is 2. The molecule has 0 aliphatic heterocycles. The molecule has 0 aliphatic rings. The summed E-state index contributed by atoms with van der Waals surface area (Å²) in [4.78, 5) is 8.02. The van der Waals surface area contributed by atoms with Gasteiger partial charge in [-0.05, 0) is 6.42 Å². The van der Waals surface area contributed by atoms with Crippen molar-refractivity contribution < 1.29 is 9.47 Å². The summed E-state index contributed by atoms with van der Waals surface area (Å²) >= 11 is 0. The van der Waals surface area contributed by atoms with Crippen LogP contribution in [0.2, 0.25) is 0 Å². The number of methoxy groups -OCH3 is 2. The Kier molecular flexibility index (Phi) is 5.90. The molecule has 4 nitrogen and oxygen atoms in total. The number of imidazole rings is 1. The summed E-state index contributed by atoms with van der Waals surface area (Å²) in [6.07, 6.45) is 8.81. The molecule has 1 aromatic carbocycles. The molecular weight excluding hydrogens is 264 g/mol. The molecule has 0 radical (unpaired) electrons. The summed E-state index contributed by atoms with van der Waals surface area (Å²) in [7, 11) is 3.30. The number of benzene rings is 1. The van der Waals surface area contributed by atoms with Gasteiger partial charge in [0.1, 0.15) is 5.82 Å². The topological polar surface area (TPSA) is 47.1 Å². The van der Waals surface area contributed by atoms with Crippen LogP contribution in [0.15, 0.2) is 12.1 Å². The maximum absolute atomic E-state index is 5.32. The molecule has 0 spiro atoms. The third-order valence-electron chi connectivity index (χ3n) is 3.80. The smallest absolute Gasteiger partial charge is 0.163 e. The molecule has 0 saturated carbocycles. The molecule has 0 unspecified atom stereocenters. The van der Waals surface area contributed by atoms with Gasteiger partial charge in [0.2, 0.25) is 0 Å². The van der Waals surface area contributed by atoms with Crippen molar-refractivity contribution in [3.05, 3.63) is 18.0 Å². The lowest BCUT2D eigenvalue weighted by Crippen LogP contribution is -1.89. The Hall–Kier alpha value is -1.71. The molecule has 1 aromatic heterocycles. The van der Waals surface area contributed by atoms with Gasteiger partial charge in [-0.25, -0.2) is 4.98 Å². The van der Waals surface area contributed by atoms with E-state index < -0.39 is 0 Å². The third-order valence-corrected chi connectivity index (χ3v) is 3.80. The Labute approximate surface area is 126 Å². The van der Waals surface area contributed by atoms with Crippen LogP contribution in [0, 0.1) is 0 Å². The second kappa shape index (κ2) is 7.91. The number of hydrogen-bond donors (Lipinski definition) is 1. The van der Waals surface area contributed by atoms with E-state index in [1.165, 1.54) is 38.5 Å². The van der Waals surface area contributed by atoms with Gasteiger partial charge in [-0.2, -0.15) is 0 Å². The Morgan fingerprint density at radius 2 is 1.62 bits per heavy atom. The van der Waals surface area contributed by atoms with E-state index in [9.17, 15) is 0 Å². The zero-order valence-electron chi connectivity index (χ0n) is 13.4. The van der Waals surface area contributed by atoms with Crippen LogP contribution in [-0.4, -0.2) is 24.2 Å². The fourth-order valence-electron chi connectivity index (χ4n) is 2.58. The molecule has 0 aliphatic carbocycles. The van der Waals surface area contributed by atoms with Gasteiger partial charge >= 0.3 is 0 Å². The zero-order valence-corrected chi connectivity index (χ0v) is 13.4. The second-order valence-electron chi connectivity index (χ2n) is 5.43. The SMILES string of the molecule is CCCCCCCCc1nc2cc(OC)c(OC)cc2[nH]1. The molecule has 4 heteroatoms. The molecule has 1 heterocycles. The van der Waals surface area contributed by atoms with Crippen molar-refractivity contribution in [1.82, 2.24) is 9.97 Å². The zero-order chi connectivity index (χ0) is 15.1. The number of aryl methyl sites for hydroxylation is 1. The minimum absolute atomic E-state index is 0.725. The van der Waals surface area contributed by atoms with Crippen molar-refractivity contribution in [3.8, 4) is 11.5 Å². The molecule has 2 rings (SSSR count). The maximum Gasteiger partial charge on any atom is 0.163 e. The summed E-state index contributed by atoms with van der Waals surface area (Å²) in [5.74, 6) is 2.51. The minimum atomic E-state index is 0.725. The number of fused-ring (bicyclic) bond motifs is 1. The Morgan fingerprint density at radius 1 is 0.952 bits per heavy atom. The number of unbranched alkanes of at least 4 members (excludes halogenated alkanes) is 5. The first-order valence-electron chi connectivity index (χ1n) is 7.89. The lowest BCUT2D eigenvalue weighted by molar-refractivity contribution is 0.356. The van der Waals surface area contributed by atoms with E-state index in [1.54, 1.807) is 14.2 Å². The predicted octanol–water partition coefficient (Wildman–Crippen LogP) is 4.48. The van der Waals surface area contributed by atoms with Gasteiger partial charge in [0, 0.05) is 18.6 Å². The van der Waals surface area contributed by atoms with E-state index >= 15 is 0 Å². The molecule has 21 heavy (non-hydrogen) atoms. The van der Waals surface area contributed by atoms with E-state index in [-0.39, 0.29) is 0 Å². The summed E-state index contributed by atoms with van der Waals surface area (Å²) in [6.45, 7) is 2.25. The Morgan fingerprint density at radius 3 is 2.33 bits per heavy atom. The van der Waals surface area contributed by atoms with Crippen LogP contribution in [0.5, 0.6) is 11.5 Å². The minimum Gasteiger partial charge on any atom is -0.493 e. The first kappa shape index (κ1) is 15.7. The summed E-state index contributed by atoms with van der Waals surface area (Å²) < 4.78 is 10.6.